The van der Waals surface area contributed by atoms with E-state index in [0.717, 1.165) is 5.01 Å². The van der Waals surface area contributed by atoms with E-state index in [2.05, 4.69) is 15.9 Å². The highest BCUT2D eigenvalue weighted by atomic mass is 16.6. The van der Waals surface area contributed by atoms with Gasteiger partial charge >= 0.3 is 0 Å². The van der Waals surface area contributed by atoms with Gasteiger partial charge < -0.3 is 26.8 Å². The van der Waals surface area contributed by atoms with E-state index >= 15 is 0 Å². The van der Waals surface area contributed by atoms with Crippen LogP contribution in [0.5, 0.6) is 0 Å². The molecule has 0 radical (unpaired) electrons. The van der Waals surface area contributed by atoms with Gasteiger partial charge in [0, 0.05) is 4.97 Å². The van der Waals surface area contributed by atoms with Crippen LogP contribution in [0.1, 0.15) is 33.1 Å². The second kappa shape index (κ2) is 8.89. The van der Waals surface area contributed by atoms with Crippen LogP contribution in [0.15, 0.2) is 5.28 Å². The highest BCUT2D eigenvalue weighted by molar-refractivity contribution is 5.91. The molecule has 0 saturated carbocycles. The van der Waals surface area contributed by atoms with E-state index in [9.17, 15) is 24.8 Å². The van der Waals surface area contributed by atoms with Gasteiger partial charge in [0.05, 0.1) is 13.1 Å². The first-order chi connectivity index (χ1) is 11.3. The summed E-state index contributed by atoms with van der Waals surface area (Å²) >= 11 is 0. The van der Waals surface area contributed by atoms with E-state index in [1.807, 2.05) is 13.8 Å². The van der Waals surface area contributed by atoms with E-state index in [4.69, 9.17) is 5.73 Å². The molecule has 1 heterocycles. The molecule has 1 unspecified atom stereocenters. The standard InChI is InChI=1S/C13H24N6O5/c1-8(2)6-9(12(21)15-7-11(14)20)16-13(22)10-4-3-5-18(10)19(24)17-23/h8-10,23H,3-7H2,1-2H3,(H2,14,20)(H,15,21)(H,16,22)/p-1/b19-17-/t9?,10-/m0/s1. The van der Waals surface area contributed by atoms with Crippen molar-refractivity contribution in [3.05, 3.63) is 10.4 Å². The summed E-state index contributed by atoms with van der Waals surface area (Å²) in [5, 5.41) is 29.9. The van der Waals surface area contributed by atoms with E-state index in [1.54, 1.807) is 0 Å². The van der Waals surface area contributed by atoms with E-state index in [1.165, 1.54) is 0 Å². The molecule has 0 aliphatic carbocycles. The summed E-state index contributed by atoms with van der Waals surface area (Å²) in [5.41, 5.74) is 4.98. The van der Waals surface area contributed by atoms with Crippen LogP contribution in [0.25, 0.3) is 0 Å². The Morgan fingerprint density at radius 2 is 2.08 bits per heavy atom. The van der Waals surface area contributed by atoms with Crippen LogP contribution in [0.2, 0.25) is 0 Å². The molecule has 2 atom stereocenters. The summed E-state index contributed by atoms with van der Waals surface area (Å²) in [4.78, 5) is 35.1. The molecule has 1 saturated heterocycles. The molecular formula is C13H23N6O5-. The van der Waals surface area contributed by atoms with Gasteiger partial charge in [0.25, 0.3) is 0 Å². The topological polar surface area (TPSA) is 166 Å². The number of hydrazine groups is 1. The minimum atomic E-state index is -0.872. The van der Waals surface area contributed by atoms with E-state index < -0.39 is 29.8 Å². The Morgan fingerprint density at radius 1 is 1.42 bits per heavy atom. The van der Waals surface area contributed by atoms with Crippen molar-refractivity contribution in [2.75, 3.05) is 13.1 Å². The third kappa shape index (κ3) is 5.56. The van der Waals surface area contributed by atoms with E-state index in [0.29, 0.717) is 19.3 Å². The Bertz CT molecular complexity index is 509. The van der Waals surface area contributed by atoms with Crippen molar-refractivity contribution in [1.82, 2.24) is 15.6 Å². The number of hydrogen-bond acceptors (Lipinski definition) is 6. The van der Waals surface area contributed by atoms with Gasteiger partial charge in [0.2, 0.25) is 17.7 Å². The van der Waals surface area contributed by atoms with Gasteiger partial charge in [-0.15, -0.1) is 5.01 Å². The fourth-order valence-corrected chi connectivity index (χ4v) is 2.54. The largest absolute Gasteiger partial charge is 0.737 e. The lowest BCUT2D eigenvalue weighted by molar-refractivity contribution is -0.691. The van der Waals surface area contributed by atoms with Crippen LogP contribution in [0.4, 0.5) is 0 Å². The molecule has 1 rings (SSSR count). The van der Waals surface area contributed by atoms with Gasteiger partial charge in [-0.05, 0) is 30.5 Å². The number of hydrogen-bond donors (Lipinski definition) is 3. The zero-order chi connectivity index (χ0) is 18.3. The molecule has 1 aliphatic heterocycles. The number of carbonyl (C=O) groups is 3. The summed E-state index contributed by atoms with van der Waals surface area (Å²) in [6.45, 7) is 3.65. The first kappa shape index (κ1) is 19.5. The molecule has 0 aromatic heterocycles. The third-order valence-electron chi connectivity index (χ3n) is 3.59. The molecule has 4 N–H and O–H groups in total. The Kier molecular flexibility index (Phi) is 7.21. The predicted octanol–water partition coefficient (Wildman–Crippen LogP) is -1.04. The Morgan fingerprint density at radius 3 is 2.62 bits per heavy atom. The minimum Gasteiger partial charge on any atom is -0.737 e. The molecule has 136 valence electrons. The summed E-state index contributed by atoms with van der Waals surface area (Å²) in [7, 11) is 0. The maximum atomic E-state index is 12.4. The van der Waals surface area contributed by atoms with Gasteiger partial charge in [-0.3, -0.25) is 14.4 Å². The Labute approximate surface area is 139 Å². The van der Waals surface area contributed by atoms with Crippen molar-refractivity contribution in [1.29, 1.82) is 0 Å². The van der Waals surface area contributed by atoms with Crippen molar-refractivity contribution < 1.29 is 19.4 Å². The lowest BCUT2D eigenvalue weighted by atomic mass is 10.0. The Balaban J connectivity index is 2.76. The predicted molar refractivity (Wildman–Crippen MR) is 82.7 cm³/mol. The summed E-state index contributed by atoms with van der Waals surface area (Å²) < 4.78 is 0. The van der Waals surface area contributed by atoms with Crippen LogP contribution in [-0.2, 0) is 14.4 Å². The summed E-state index contributed by atoms with van der Waals surface area (Å²) in [6, 6.07) is -1.73. The Hall–Kier alpha value is -2.59. The fraction of sp³-hybridized carbons (Fsp3) is 0.769. The highest BCUT2D eigenvalue weighted by Crippen LogP contribution is 2.18. The zero-order valence-corrected chi connectivity index (χ0v) is 13.7. The van der Waals surface area contributed by atoms with Gasteiger partial charge in [-0.2, -0.15) is 0 Å². The third-order valence-corrected chi connectivity index (χ3v) is 3.59. The second-order valence-corrected chi connectivity index (χ2v) is 6.03. The molecule has 0 aromatic rings. The average molecular weight is 343 g/mol. The number of nitrogens with zero attached hydrogens (tertiary/aromatic N) is 3. The van der Waals surface area contributed by atoms with E-state index in [-0.39, 0.29) is 24.0 Å². The van der Waals surface area contributed by atoms with Crippen molar-refractivity contribution in [2.24, 2.45) is 16.9 Å². The van der Waals surface area contributed by atoms with Crippen molar-refractivity contribution in [2.45, 2.75) is 45.2 Å². The van der Waals surface area contributed by atoms with Gasteiger partial charge in [-0.1, -0.05) is 13.8 Å². The zero-order valence-electron chi connectivity index (χ0n) is 13.7. The van der Waals surface area contributed by atoms with Crippen molar-refractivity contribution in [3.8, 4) is 0 Å². The van der Waals surface area contributed by atoms with Gasteiger partial charge in [0.1, 0.15) is 6.04 Å². The fourth-order valence-electron chi connectivity index (χ4n) is 2.54. The van der Waals surface area contributed by atoms with Crippen molar-refractivity contribution >= 4 is 17.7 Å². The normalized spacial score (nSPS) is 19.2. The first-order valence-corrected chi connectivity index (χ1v) is 7.69. The molecule has 11 nitrogen and oxygen atoms in total. The molecule has 24 heavy (non-hydrogen) atoms. The number of nitrogens with two attached hydrogens (primary N) is 1. The molecule has 11 heteroatoms. The van der Waals surface area contributed by atoms with Crippen LogP contribution >= 0.6 is 0 Å². The van der Waals surface area contributed by atoms with Crippen LogP contribution in [0.3, 0.4) is 0 Å². The number of rotatable bonds is 8. The SMILES string of the molecule is CC(C)CC(NC(=O)[C@@H]1CCCN1/[N+]([O-])=N/[O-])C(=O)NCC(N)=O. The quantitative estimate of drug-likeness (QED) is 0.289. The number of primary amides is 1. The van der Waals surface area contributed by atoms with Gasteiger partial charge in [-0.25, -0.2) is 0 Å². The summed E-state index contributed by atoms with van der Waals surface area (Å²) in [5.74, 6) is -1.68. The number of nitrogens with one attached hydrogen (secondary N) is 2. The summed E-state index contributed by atoms with van der Waals surface area (Å²) in [6.07, 6.45) is 1.27. The lowest BCUT2D eigenvalue weighted by Gasteiger charge is -2.24. The molecular weight excluding hydrogens is 320 g/mol. The molecule has 0 aromatic carbocycles. The van der Waals surface area contributed by atoms with Crippen molar-refractivity contribution in [3.63, 3.8) is 0 Å². The average Bonchev–Trinajstić information content (AvgIpc) is 3.00. The molecule has 0 spiro atoms. The maximum absolute atomic E-state index is 12.4. The molecule has 0 bridgehead atoms. The molecule has 1 fully saturated rings. The molecule has 1 aliphatic rings. The number of amides is 3. The highest BCUT2D eigenvalue weighted by Gasteiger charge is 2.37. The smallest absolute Gasteiger partial charge is 0.249 e. The first-order valence-electron chi connectivity index (χ1n) is 7.69. The number of carbonyl (C=O) groups excluding carboxylic acids is 3. The lowest BCUT2D eigenvalue weighted by Crippen LogP contribution is -2.54. The van der Waals surface area contributed by atoms with Gasteiger partial charge in [0.15, 0.2) is 6.04 Å². The maximum Gasteiger partial charge on any atom is 0.249 e. The second-order valence-electron chi connectivity index (χ2n) is 6.03. The van der Waals surface area contributed by atoms with Crippen LogP contribution < -0.4 is 16.4 Å². The van der Waals surface area contributed by atoms with Crippen LogP contribution in [-0.4, -0.2) is 52.9 Å². The molecule has 3 amide bonds. The monoisotopic (exact) mass is 343 g/mol. The minimum absolute atomic E-state index is 0.0990. The van der Waals surface area contributed by atoms with Crippen LogP contribution in [0, 0.1) is 16.3 Å².